The van der Waals surface area contributed by atoms with Gasteiger partial charge >= 0.3 is 0 Å². The highest BCUT2D eigenvalue weighted by atomic mass is 35.5. The van der Waals surface area contributed by atoms with Crippen LogP contribution in [0, 0.1) is 0 Å². The minimum Gasteiger partial charge on any atom is -0.382 e. The van der Waals surface area contributed by atoms with Gasteiger partial charge in [0, 0.05) is 19.7 Å². The molecule has 0 fully saturated rings. The van der Waals surface area contributed by atoms with Crippen LogP contribution in [0.25, 0.3) is 0 Å². The molecule has 0 spiro atoms. The molecule has 1 heterocycles. The van der Waals surface area contributed by atoms with Crippen LogP contribution in [0.1, 0.15) is 0 Å². The highest BCUT2D eigenvalue weighted by Crippen LogP contribution is 2.16. The van der Waals surface area contributed by atoms with Crippen LogP contribution in [0.5, 0.6) is 0 Å². The first-order chi connectivity index (χ1) is 8.26. The normalized spacial score (nSPS) is 10.5. The summed E-state index contributed by atoms with van der Waals surface area (Å²) in [6.45, 7) is 2.47. The Morgan fingerprint density at radius 2 is 2.18 bits per heavy atom. The van der Waals surface area contributed by atoms with E-state index in [2.05, 4.69) is 15.3 Å². The third kappa shape index (κ3) is 6.07. The Bertz CT molecular complexity index is 341. The number of anilines is 1. The topological polar surface area (TPSA) is 56.3 Å². The number of halogens is 1. The van der Waals surface area contributed by atoms with Gasteiger partial charge in [-0.3, -0.25) is 0 Å². The molecule has 0 aliphatic carbocycles. The van der Waals surface area contributed by atoms with Crippen LogP contribution in [0.2, 0.25) is 5.15 Å². The predicted octanol–water partition coefficient (Wildman–Crippen LogP) is 1.93. The first-order valence-corrected chi connectivity index (χ1v) is 6.75. The third-order valence-electron chi connectivity index (χ3n) is 1.84. The van der Waals surface area contributed by atoms with Crippen LogP contribution in [-0.4, -0.2) is 49.7 Å². The van der Waals surface area contributed by atoms with Crippen LogP contribution in [0.3, 0.4) is 0 Å². The fourth-order valence-corrected chi connectivity index (χ4v) is 1.69. The first kappa shape index (κ1) is 14.5. The quantitative estimate of drug-likeness (QED) is 0.339. The maximum atomic E-state index is 5.86. The lowest BCUT2D eigenvalue weighted by molar-refractivity contribution is 0.0759. The van der Waals surface area contributed by atoms with Crippen molar-refractivity contribution >= 4 is 29.2 Å². The SMILES string of the molecule is COCCOCCNc1cc(Cl)nc(SC)n1. The number of thioether (sulfide) groups is 1. The van der Waals surface area contributed by atoms with E-state index in [1.165, 1.54) is 11.8 Å². The van der Waals surface area contributed by atoms with Crippen molar-refractivity contribution in [3.63, 3.8) is 0 Å². The van der Waals surface area contributed by atoms with Gasteiger partial charge in [0.25, 0.3) is 0 Å². The highest BCUT2D eigenvalue weighted by Gasteiger charge is 2.01. The van der Waals surface area contributed by atoms with Crippen molar-refractivity contribution in [1.29, 1.82) is 0 Å². The Morgan fingerprint density at radius 3 is 2.88 bits per heavy atom. The summed E-state index contributed by atoms with van der Waals surface area (Å²) in [4.78, 5) is 8.31. The van der Waals surface area contributed by atoms with E-state index in [0.29, 0.717) is 42.5 Å². The zero-order valence-corrected chi connectivity index (χ0v) is 11.5. The van der Waals surface area contributed by atoms with Gasteiger partial charge in [0.15, 0.2) is 5.16 Å². The molecule has 0 bridgehead atoms. The molecule has 0 saturated carbocycles. The lowest BCUT2D eigenvalue weighted by atomic mass is 10.5. The predicted molar refractivity (Wildman–Crippen MR) is 70.0 cm³/mol. The van der Waals surface area contributed by atoms with Crippen LogP contribution < -0.4 is 5.32 Å². The van der Waals surface area contributed by atoms with Gasteiger partial charge in [0.2, 0.25) is 0 Å². The van der Waals surface area contributed by atoms with Crippen LogP contribution >= 0.6 is 23.4 Å². The van der Waals surface area contributed by atoms with E-state index >= 15 is 0 Å². The molecule has 0 aromatic carbocycles. The average Bonchev–Trinajstić information content (AvgIpc) is 2.33. The number of hydrogen-bond donors (Lipinski definition) is 1. The summed E-state index contributed by atoms with van der Waals surface area (Å²) >= 11 is 7.31. The lowest BCUT2D eigenvalue weighted by Crippen LogP contribution is -2.13. The van der Waals surface area contributed by atoms with Crippen LogP contribution in [-0.2, 0) is 9.47 Å². The van der Waals surface area contributed by atoms with E-state index in [1.54, 1.807) is 13.2 Å². The fraction of sp³-hybridized carbons (Fsp3) is 0.600. The number of nitrogens with one attached hydrogen (secondary N) is 1. The second-order valence-corrected chi connectivity index (χ2v) is 4.26. The summed E-state index contributed by atoms with van der Waals surface area (Å²) in [6, 6.07) is 1.69. The average molecular weight is 278 g/mol. The molecule has 17 heavy (non-hydrogen) atoms. The third-order valence-corrected chi connectivity index (χ3v) is 2.58. The van der Waals surface area contributed by atoms with Crippen LogP contribution in [0.15, 0.2) is 11.2 Å². The van der Waals surface area contributed by atoms with E-state index in [9.17, 15) is 0 Å². The van der Waals surface area contributed by atoms with Crippen molar-refractivity contribution < 1.29 is 9.47 Å². The van der Waals surface area contributed by atoms with Gasteiger partial charge in [-0.05, 0) is 6.26 Å². The second-order valence-electron chi connectivity index (χ2n) is 3.09. The van der Waals surface area contributed by atoms with Gasteiger partial charge in [-0.1, -0.05) is 23.4 Å². The molecule has 0 aliphatic rings. The number of rotatable bonds is 8. The van der Waals surface area contributed by atoms with Crippen molar-refractivity contribution in [3.05, 3.63) is 11.2 Å². The Labute approximate surface area is 110 Å². The van der Waals surface area contributed by atoms with Crippen molar-refractivity contribution in [1.82, 2.24) is 9.97 Å². The summed E-state index contributed by atoms with van der Waals surface area (Å²) in [7, 11) is 1.65. The minimum atomic E-state index is 0.437. The number of methoxy groups -OCH3 is 1. The molecule has 1 aromatic heterocycles. The van der Waals surface area contributed by atoms with Gasteiger partial charge in [-0.15, -0.1) is 0 Å². The van der Waals surface area contributed by atoms with Gasteiger partial charge in [-0.2, -0.15) is 0 Å². The fourth-order valence-electron chi connectivity index (χ4n) is 1.07. The first-order valence-electron chi connectivity index (χ1n) is 5.15. The molecule has 7 heteroatoms. The smallest absolute Gasteiger partial charge is 0.190 e. The molecule has 0 radical (unpaired) electrons. The van der Waals surface area contributed by atoms with Crippen molar-refractivity contribution in [2.75, 3.05) is 45.0 Å². The Morgan fingerprint density at radius 1 is 1.35 bits per heavy atom. The zero-order chi connectivity index (χ0) is 12.5. The molecule has 0 atom stereocenters. The number of nitrogens with zero attached hydrogens (tertiary/aromatic N) is 2. The highest BCUT2D eigenvalue weighted by molar-refractivity contribution is 7.98. The summed E-state index contributed by atoms with van der Waals surface area (Å²) in [5.41, 5.74) is 0. The molecular weight excluding hydrogens is 262 g/mol. The van der Waals surface area contributed by atoms with E-state index in [1.807, 2.05) is 6.26 Å². The molecule has 1 rings (SSSR count). The molecule has 5 nitrogen and oxygen atoms in total. The number of aromatic nitrogens is 2. The molecule has 0 amide bonds. The Kier molecular flexibility index (Phi) is 7.27. The van der Waals surface area contributed by atoms with Gasteiger partial charge in [0.1, 0.15) is 11.0 Å². The van der Waals surface area contributed by atoms with E-state index in [-0.39, 0.29) is 0 Å². The molecule has 0 aliphatic heterocycles. The summed E-state index contributed by atoms with van der Waals surface area (Å²) in [5, 5.41) is 4.21. The second kappa shape index (κ2) is 8.52. The van der Waals surface area contributed by atoms with Crippen LogP contribution in [0.4, 0.5) is 5.82 Å². The molecule has 96 valence electrons. The lowest BCUT2D eigenvalue weighted by Gasteiger charge is -2.07. The summed E-state index contributed by atoms with van der Waals surface area (Å²) < 4.78 is 10.2. The maximum Gasteiger partial charge on any atom is 0.190 e. The standard InChI is InChI=1S/C10H16ClN3O2S/c1-15-5-6-16-4-3-12-9-7-8(11)13-10(14-9)17-2/h7H,3-6H2,1-2H3,(H,12,13,14). The molecule has 1 N–H and O–H groups in total. The van der Waals surface area contributed by atoms with Crippen molar-refractivity contribution in [2.45, 2.75) is 5.16 Å². The van der Waals surface area contributed by atoms with Crippen molar-refractivity contribution in [3.8, 4) is 0 Å². The zero-order valence-electron chi connectivity index (χ0n) is 9.90. The summed E-state index contributed by atoms with van der Waals surface area (Å²) in [5.74, 6) is 0.713. The van der Waals surface area contributed by atoms with E-state index in [4.69, 9.17) is 21.1 Å². The Hall–Kier alpha value is -0.560. The maximum absolute atomic E-state index is 5.86. The monoisotopic (exact) mass is 277 g/mol. The van der Waals surface area contributed by atoms with E-state index < -0.39 is 0 Å². The van der Waals surface area contributed by atoms with Gasteiger partial charge < -0.3 is 14.8 Å². The molecule has 0 saturated heterocycles. The molecule has 0 unspecified atom stereocenters. The molecular formula is C10H16ClN3O2S. The van der Waals surface area contributed by atoms with Crippen molar-refractivity contribution in [2.24, 2.45) is 0 Å². The molecule has 1 aromatic rings. The number of hydrogen-bond acceptors (Lipinski definition) is 6. The van der Waals surface area contributed by atoms with E-state index in [0.717, 1.165) is 0 Å². The van der Waals surface area contributed by atoms with Gasteiger partial charge in [-0.25, -0.2) is 9.97 Å². The largest absolute Gasteiger partial charge is 0.382 e. The number of ether oxygens (including phenoxy) is 2. The summed E-state index contributed by atoms with van der Waals surface area (Å²) in [6.07, 6.45) is 1.91. The van der Waals surface area contributed by atoms with Gasteiger partial charge in [0.05, 0.1) is 19.8 Å². The minimum absolute atomic E-state index is 0.437. The Balaban J connectivity index is 2.28.